The highest BCUT2D eigenvalue weighted by molar-refractivity contribution is 6.36. The third kappa shape index (κ3) is 6.52. The third-order valence-electron chi connectivity index (χ3n) is 6.32. The number of nitrogen functional groups attached to an aromatic ring is 1. The highest BCUT2D eigenvalue weighted by Crippen LogP contribution is 2.37. The smallest absolute Gasteiger partial charge is 0.247 e. The molecule has 2 heterocycles. The van der Waals surface area contributed by atoms with Crippen LogP contribution in [0, 0.1) is 5.82 Å². The Balaban J connectivity index is 1.78. The summed E-state index contributed by atoms with van der Waals surface area (Å²) in [6.45, 7) is 12.7. The topological polar surface area (TPSA) is 98.3 Å². The monoisotopic (exact) mass is 550 g/mol. The van der Waals surface area contributed by atoms with Crippen LogP contribution in [-0.2, 0) is 10.3 Å². The van der Waals surface area contributed by atoms with Crippen LogP contribution in [0.5, 0.6) is 5.75 Å². The Kier molecular flexibility index (Phi) is 9.39. The van der Waals surface area contributed by atoms with Gasteiger partial charge in [-0.2, -0.15) is 5.10 Å². The zero-order valence-corrected chi connectivity index (χ0v) is 23.2. The molecule has 8 nitrogen and oxygen atoms in total. The molecule has 37 heavy (non-hydrogen) atoms. The number of nitrogens with two attached hydrogens (primary N) is 1. The summed E-state index contributed by atoms with van der Waals surface area (Å²) >= 11 is 12.4. The Morgan fingerprint density at radius 3 is 2.62 bits per heavy atom. The van der Waals surface area contributed by atoms with Crippen molar-refractivity contribution in [3.63, 3.8) is 0 Å². The van der Waals surface area contributed by atoms with Crippen LogP contribution >= 0.6 is 23.2 Å². The normalized spacial score (nSPS) is 12.6. The molecule has 11 heteroatoms. The van der Waals surface area contributed by atoms with Crippen molar-refractivity contribution in [1.29, 1.82) is 0 Å². The van der Waals surface area contributed by atoms with Crippen LogP contribution in [0.25, 0.3) is 11.1 Å². The fraction of sp³-hybridized carbons (Fsp3) is 0.423. The molecule has 2 aromatic heterocycles. The number of nitrogens with one attached hydrogen (secondary N) is 1. The second-order valence-corrected chi connectivity index (χ2v) is 9.92. The van der Waals surface area contributed by atoms with Gasteiger partial charge in [-0.1, -0.05) is 37.0 Å². The first-order chi connectivity index (χ1) is 17.5. The van der Waals surface area contributed by atoms with Crippen molar-refractivity contribution in [2.75, 3.05) is 31.9 Å². The molecule has 0 aliphatic heterocycles. The first kappa shape index (κ1) is 28.7. The van der Waals surface area contributed by atoms with E-state index in [4.69, 9.17) is 33.7 Å². The third-order valence-corrected chi connectivity index (χ3v) is 7.04. The van der Waals surface area contributed by atoms with Crippen molar-refractivity contribution >= 4 is 34.9 Å². The molecule has 200 valence electrons. The molecule has 1 amide bonds. The number of benzene rings is 1. The summed E-state index contributed by atoms with van der Waals surface area (Å²) in [5.41, 5.74) is 6.84. The molecule has 0 saturated heterocycles. The lowest BCUT2D eigenvalue weighted by Crippen LogP contribution is -2.46. The van der Waals surface area contributed by atoms with Crippen molar-refractivity contribution in [3.8, 4) is 16.9 Å². The van der Waals surface area contributed by atoms with Gasteiger partial charge >= 0.3 is 0 Å². The van der Waals surface area contributed by atoms with E-state index in [1.54, 1.807) is 50.1 Å². The maximum absolute atomic E-state index is 14.0. The van der Waals surface area contributed by atoms with E-state index in [1.807, 2.05) is 0 Å². The summed E-state index contributed by atoms with van der Waals surface area (Å²) in [5.74, 6) is -0.294. The van der Waals surface area contributed by atoms with Gasteiger partial charge < -0.3 is 20.7 Å². The largest absolute Gasteiger partial charge is 0.482 e. The number of amides is 1. The van der Waals surface area contributed by atoms with Gasteiger partial charge in [0.1, 0.15) is 17.5 Å². The lowest BCUT2D eigenvalue weighted by atomic mass is 10.0. The van der Waals surface area contributed by atoms with Crippen LogP contribution in [0.1, 0.15) is 46.3 Å². The van der Waals surface area contributed by atoms with Gasteiger partial charge in [-0.3, -0.25) is 9.48 Å². The highest BCUT2D eigenvalue weighted by Gasteiger charge is 2.30. The first-order valence-electron chi connectivity index (χ1n) is 12.1. The predicted octanol–water partition coefficient (Wildman–Crippen LogP) is 5.31. The fourth-order valence-electron chi connectivity index (χ4n) is 3.84. The number of anilines is 1. The molecule has 0 aliphatic carbocycles. The molecule has 1 unspecified atom stereocenters. The van der Waals surface area contributed by atoms with E-state index >= 15 is 0 Å². The lowest BCUT2D eigenvalue weighted by molar-refractivity contribution is -0.128. The van der Waals surface area contributed by atoms with Crippen LogP contribution in [0.3, 0.4) is 0 Å². The van der Waals surface area contributed by atoms with E-state index in [-0.39, 0.29) is 27.5 Å². The minimum absolute atomic E-state index is 0.110. The number of nitrogens with zero attached hydrogens (tertiary/aromatic N) is 4. The molecule has 0 spiro atoms. The van der Waals surface area contributed by atoms with Crippen LogP contribution in [0.4, 0.5) is 10.2 Å². The summed E-state index contributed by atoms with van der Waals surface area (Å²) < 4.78 is 21.6. The number of pyridine rings is 1. The van der Waals surface area contributed by atoms with Crippen LogP contribution in [0.15, 0.2) is 36.8 Å². The number of rotatable bonds is 11. The molecular formula is C26H33Cl2FN6O2. The quantitative estimate of drug-likeness (QED) is 0.314. The van der Waals surface area contributed by atoms with Crippen LogP contribution in [-0.4, -0.2) is 51.8 Å². The number of hydrogen-bond acceptors (Lipinski definition) is 6. The van der Waals surface area contributed by atoms with Gasteiger partial charge in [-0.05, 0) is 52.1 Å². The molecule has 3 aromatic rings. The maximum atomic E-state index is 14.0. The fourth-order valence-corrected chi connectivity index (χ4v) is 4.52. The molecule has 0 fully saturated rings. The van der Waals surface area contributed by atoms with E-state index in [0.29, 0.717) is 17.7 Å². The Hall–Kier alpha value is -2.88. The van der Waals surface area contributed by atoms with E-state index in [9.17, 15) is 9.18 Å². The van der Waals surface area contributed by atoms with Crippen molar-refractivity contribution in [1.82, 2.24) is 25.0 Å². The summed E-state index contributed by atoms with van der Waals surface area (Å²) in [7, 11) is 0. The number of carbonyl (C=O) groups excluding carboxylic acids is 1. The molecule has 1 aromatic carbocycles. The average molecular weight is 551 g/mol. The van der Waals surface area contributed by atoms with Crippen molar-refractivity contribution < 1.29 is 13.9 Å². The van der Waals surface area contributed by atoms with Crippen molar-refractivity contribution in [2.45, 2.75) is 46.3 Å². The summed E-state index contributed by atoms with van der Waals surface area (Å²) in [5, 5.41) is 7.59. The molecular weight excluding hydrogens is 518 g/mol. The number of aromatic nitrogens is 3. The van der Waals surface area contributed by atoms with Crippen molar-refractivity contribution in [3.05, 3.63) is 58.2 Å². The number of carbonyl (C=O) groups is 1. The Labute approximate surface area is 226 Å². The standard InChI is InChI=1S/C26H33Cl2FN6O2/c1-6-34(7-2)11-10-31-25(36)26(4,5)35-15-18(14-33-35)17-12-21(24(30)32-13-17)37-16(3)22-19(27)8-9-20(29)23(22)28/h8-9,12-16H,6-7,10-11H2,1-5H3,(H2,30,32)(H,31,36). The highest BCUT2D eigenvalue weighted by atomic mass is 35.5. The lowest BCUT2D eigenvalue weighted by Gasteiger charge is -2.25. The second-order valence-electron chi connectivity index (χ2n) is 9.14. The number of ether oxygens (including phenoxy) is 1. The Bertz CT molecular complexity index is 1250. The average Bonchev–Trinajstić information content (AvgIpc) is 3.37. The maximum Gasteiger partial charge on any atom is 0.247 e. The van der Waals surface area contributed by atoms with Gasteiger partial charge in [0.05, 0.1) is 11.2 Å². The van der Waals surface area contributed by atoms with Gasteiger partial charge in [-0.15, -0.1) is 0 Å². The van der Waals surface area contributed by atoms with Gasteiger partial charge in [0.2, 0.25) is 5.91 Å². The van der Waals surface area contributed by atoms with E-state index < -0.39 is 17.5 Å². The van der Waals surface area contributed by atoms with Gasteiger partial charge in [0.25, 0.3) is 0 Å². The molecule has 0 saturated carbocycles. The van der Waals surface area contributed by atoms with Crippen molar-refractivity contribution in [2.24, 2.45) is 0 Å². The van der Waals surface area contributed by atoms with E-state index in [0.717, 1.165) is 25.2 Å². The number of likely N-dealkylation sites (N-methyl/N-ethyl adjacent to an activating group) is 1. The first-order valence-corrected chi connectivity index (χ1v) is 12.9. The summed E-state index contributed by atoms with van der Waals surface area (Å²) in [4.78, 5) is 19.4. The summed E-state index contributed by atoms with van der Waals surface area (Å²) in [6.07, 6.45) is 4.31. The van der Waals surface area contributed by atoms with E-state index in [2.05, 4.69) is 34.1 Å². The molecule has 3 rings (SSSR count). The minimum Gasteiger partial charge on any atom is -0.482 e. The van der Waals surface area contributed by atoms with Gasteiger partial charge in [0.15, 0.2) is 11.6 Å². The zero-order chi connectivity index (χ0) is 27.3. The Morgan fingerprint density at radius 1 is 1.24 bits per heavy atom. The van der Waals surface area contributed by atoms with Crippen LogP contribution in [0.2, 0.25) is 10.0 Å². The van der Waals surface area contributed by atoms with Crippen LogP contribution < -0.4 is 15.8 Å². The minimum atomic E-state index is -0.915. The molecule has 1 atom stereocenters. The molecule has 0 radical (unpaired) electrons. The summed E-state index contributed by atoms with van der Waals surface area (Å²) in [6, 6.07) is 4.33. The van der Waals surface area contributed by atoms with E-state index in [1.165, 1.54) is 12.1 Å². The van der Waals surface area contributed by atoms with Gasteiger partial charge in [-0.25, -0.2) is 9.37 Å². The predicted molar refractivity (Wildman–Crippen MR) is 145 cm³/mol. The SMILES string of the molecule is CCN(CC)CCNC(=O)C(C)(C)n1cc(-c2cnc(N)c(OC(C)c3c(Cl)ccc(F)c3Cl)c2)cn1. The zero-order valence-electron chi connectivity index (χ0n) is 21.7. The number of halogens is 3. The van der Waals surface area contributed by atoms with Gasteiger partial charge in [0, 0.05) is 47.2 Å². The molecule has 0 aliphatic rings. The Morgan fingerprint density at radius 2 is 1.95 bits per heavy atom. The molecule has 0 bridgehead atoms. The number of hydrogen-bond donors (Lipinski definition) is 2. The second kappa shape index (κ2) is 12.1. The molecule has 3 N–H and O–H groups in total.